The molecule has 0 spiro atoms. The third kappa shape index (κ3) is 3.49. The Morgan fingerprint density at radius 3 is 2.30 bits per heavy atom. The standard InChI is InChI=1S/C13H20N2O4S/c1-4-13(3,5-2)15-20(18,19)11-7-6-9(12(16)17)8-10(11)14/h6-8,15H,4-5,14H2,1-3H3,(H,16,17). The Hall–Kier alpha value is -1.60. The fourth-order valence-corrected chi connectivity index (χ4v) is 3.36. The maximum absolute atomic E-state index is 12.3. The predicted octanol–water partition coefficient (Wildman–Crippen LogP) is 1.82. The maximum atomic E-state index is 12.3. The average molecular weight is 300 g/mol. The molecule has 7 heteroatoms. The summed E-state index contributed by atoms with van der Waals surface area (Å²) in [6.07, 6.45) is 1.27. The van der Waals surface area contributed by atoms with E-state index in [1.165, 1.54) is 12.1 Å². The van der Waals surface area contributed by atoms with Crippen LogP contribution >= 0.6 is 0 Å². The Bertz CT molecular complexity index is 607. The number of hydrogen-bond donors (Lipinski definition) is 3. The Kier molecular flexibility index (Phi) is 4.77. The normalized spacial score (nSPS) is 12.3. The first-order valence-corrected chi connectivity index (χ1v) is 7.80. The molecule has 0 aromatic heterocycles. The first kappa shape index (κ1) is 16.5. The van der Waals surface area contributed by atoms with Gasteiger partial charge in [0.05, 0.1) is 11.3 Å². The molecule has 0 aliphatic carbocycles. The lowest BCUT2D eigenvalue weighted by Gasteiger charge is -2.28. The highest BCUT2D eigenvalue weighted by Crippen LogP contribution is 2.23. The molecular weight excluding hydrogens is 280 g/mol. The second-order valence-corrected chi connectivity index (χ2v) is 6.58. The molecule has 20 heavy (non-hydrogen) atoms. The zero-order chi connectivity index (χ0) is 15.6. The quantitative estimate of drug-likeness (QED) is 0.694. The maximum Gasteiger partial charge on any atom is 0.335 e. The highest BCUT2D eigenvalue weighted by atomic mass is 32.2. The van der Waals surface area contributed by atoms with Gasteiger partial charge in [-0.15, -0.1) is 0 Å². The molecule has 0 saturated heterocycles. The van der Waals surface area contributed by atoms with Gasteiger partial charge in [-0.3, -0.25) is 0 Å². The zero-order valence-electron chi connectivity index (χ0n) is 11.8. The monoisotopic (exact) mass is 300 g/mol. The molecule has 112 valence electrons. The number of carbonyl (C=O) groups is 1. The molecule has 0 radical (unpaired) electrons. The van der Waals surface area contributed by atoms with Gasteiger partial charge in [-0.05, 0) is 38.0 Å². The number of nitrogens with one attached hydrogen (secondary N) is 1. The number of nitrogen functional groups attached to an aromatic ring is 1. The molecule has 1 aromatic rings. The summed E-state index contributed by atoms with van der Waals surface area (Å²) in [4.78, 5) is 10.7. The molecule has 0 amide bonds. The van der Waals surface area contributed by atoms with Crippen molar-refractivity contribution in [3.05, 3.63) is 23.8 Å². The van der Waals surface area contributed by atoms with Crippen LogP contribution in [0, 0.1) is 0 Å². The van der Waals surface area contributed by atoms with Gasteiger partial charge in [0, 0.05) is 5.54 Å². The summed E-state index contributed by atoms with van der Waals surface area (Å²) in [5, 5.41) is 8.84. The number of hydrogen-bond acceptors (Lipinski definition) is 4. The highest BCUT2D eigenvalue weighted by molar-refractivity contribution is 7.89. The first-order chi connectivity index (χ1) is 9.15. The number of rotatable bonds is 6. The summed E-state index contributed by atoms with van der Waals surface area (Å²) < 4.78 is 27.3. The molecule has 0 aliphatic heterocycles. The van der Waals surface area contributed by atoms with Gasteiger partial charge in [-0.25, -0.2) is 17.9 Å². The van der Waals surface area contributed by atoms with Gasteiger partial charge in [-0.1, -0.05) is 13.8 Å². The summed E-state index contributed by atoms with van der Waals surface area (Å²) in [7, 11) is -3.78. The lowest BCUT2D eigenvalue weighted by atomic mass is 9.98. The number of anilines is 1. The van der Waals surface area contributed by atoms with Crippen LogP contribution in [0.15, 0.2) is 23.1 Å². The van der Waals surface area contributed by atoms with Gasteiger partial charge in [0.15, 0.2) is 0 Å². The minimum absolute atomic E-state index is 0.0461. The van der Waals surface area contributed by atoms with E-state index in [2.05, 4.69) is 4.72 Å². The molecular formula is C13H20N2O4S. The van der Waals surface area contributed by atoms with Crippen molar-refractivity contribution >= 4 is 21.7 Å². The van der Waals surface area contributed by atoms with E-state index in [1.807, 2.05) is 20.8 Å². The Morgan fingerprint density at radius 1 is 1.35 bits per heavy atom. The molecule has 1 aromatic carbocycles. The summed E-state index contributed by atoms with van der Waals surface area (Å²) in [5.41, 5.74) is 4.98. The fraction of sp³-hybridized carbons (Fsp3) is 0.462. The average Bonchev–Trinajstić information content (AvgIpc) is 2.37. The molecule has 0 heterocycles. The number of aromatic carboxylic acids is 1. The molecule has 4 N–H and O–H groups in total. The van der Waals surface area contributed by atoms with E-state index in [4.69, 9.17) is 10.8 Å². The number of sulfonamides is 1. The summed E-state index contributed by atoms with van der Waals surface area (Å²) >= 11 is 0. The van der Waals surface area contributed by atoms with Crippen molar-refractivity contribution in [3.8, 4) is 0 Å². The van der Waals surface area contributed by atoms with E-state index < -0.39 is 21.5 Å². The second-order valence-electron chi connectivity index (χ2n) is 4.93. The van der Waals surface area contributed by atoms with Crippen LogP contribution in [0.4, 0.5) is 5.69 Å². The highest BCUT2D eigenvalue weighted by Gasteiger charge is 2.28. The summed E-state index contributed by atoms with van der Waals surface area (Å²) in [6, 6.07) is 3.58. The van der Waals surface area contributed by atoms with Crippen molar-refractivity contribution in [2.45, 2.75) is 44.0 Å². The Balaban J connectivity index is 3.20. The number of benzene rings is 1. The fourth-order valence-electron chi connectivity index (χ4n) is 1.70. The summed E-state index contributed by atoms with van der Waals surface area (Å²) in [5.74, 6) is -1.15. The van der Waals surface area contributed by atoms with Crippen molar-refractivity contribution in [1.29, 1.82) is 0 Å². The van der Waals surface area contributed by atoms with Gasteiger partial charge < -0.3 is 10.8 Å². The molecule has 1 rings (SSSR count). The molecule has 0 bridgehead atoms. The third-order valence-electron chi connectivity index (χ3n) is 3.49. The molecule has 0 unspecified atom stereocenters. The van der Waals surface area contributed by atoms with E-state index in [9.17, 15) is 13.2 Å². The van der Waals surface area contributed by atoms with Gasteiger partial charge in [0.25, 0.3) is 0 Å². The van der Waals surface area contributed by atoms with Crippen molar-refractivity contribution in [2.24, 2.45) is 0 Å². The zero-order valence-corrected chi connectivity index (χ0v) is 12.6. The van der Waals surface area contributed by atoms with E-state index in [-0.39, 0.29) is 16.1 Å². The van der Waals surface area contributed by atoms with E-state index in [0.717, 1.165) is 6.07 Å². The van der Waals surface area contributed by atoms with Gasteiger partial charge >= 0.3 is 5.97 Å². The lowest BCUT2D eigenvalue weighted by Crippen LogP contribution is -2.44. The van der Waals surface area contributed by atoms with Crippen LogP contribution < -0.4 is 10.5 Å². The minimum Gasteiger partial charge on any atom is -0.478 e. The lowest BCUT2D eigenvalue weighted by molar-refractivity contribution is 0.0697. The van der Waals surface area contributed by atoms with Crippen LogP contribution in [-0.4, -0.2) is 25.0 Å². The smallest absolute Gasteiger partial charge is 0.335 e. The van der Waals surface area contributed by atoms with Crippen molar-refractivity contribution < 1.29 is 18.3 Å². The molecule has 0 fully saturated rings. The van der Waals surface area contributed by atoms with Crippen molar-refractivity contribution in [1.82, 2.24) is 4.72 Å². The van der Waals surface area contributed by atoms with Crippen LogP contribution in [-0.2, 0) is 10.0 Å². The third-order valence-corrected chi connectivity index (χ3v) is 5.20. The van der Waals surface area contributed by atoms with Crippen LogP contribution in [0.5, 0.6) is 0 Å². The summed E-state index contributed by atoms with van der Waals surface area (Å²) in [6.45, 7) is 5.60. The number of carboxylic acid groups (broad SMARTS) is 1. The molecule has 0 aliphatic rings. The topological polar surface area (TPSA) is 109 Å². The van der Waals surface area contributed by atoms with Crippen LogP contribution in [0.3, 0.4) is 0 Å². The van der Waals surface area contributed by atoms with Gasteiger partial charge in [0.1, 0.15) is 4.90 Å². The molecule has 0 atom stereocenters. The van der Waals surface area contributed by atoms with Crippen LogP contribution in [0.1, 0.15) is 44.0 Å². The van der Waals surface area contributed by atoms with Crippen LogP contribution in [0.2, 0.25) is 0 Å². The largest absolute Gasteiger partial charge is 0.478 e. The molecule has 0 saturated carbocycles. The van der Waals surface area contributed by atoms with E-state index in [1.54, 1.807) is 0 Å². The van der Waals surface area contributed by atoms with E-state index >= 15 is 0 Å². The predicted molar refractivity (Wildman–Crippen MR) is 77.1 cm³/mol. The first-order valence-electron chi connectivity index (χ1n) is 6.32. The van der Waals surface area contributed by atoms with Crippen LogP contribution in [0.25, 0.3) is 0 Å². The Labute approximate surface area is 119 Å². The molecule has 6 nitrogen and oxygen atoms in total. The van der Waals surface area contributed by atoms with E-state index in [0.29, 0.717) is 12.8 Å². The minimum atomic E-state index is -3.78. The van der Waals surface area contributed by atoms with Gasteiger partial charge in [0.2, 0.25) is 10.0 Å². The van der Waals surface area contributed by atoms with Crippen molar-refractivity contribution in [2.75, 3.05) is 5.73 Å². The van der Waals surface area contributed by atoms with Gasteiger partial charge in [-0.2, -0.15) is 0 Å². The number of carboxylic acids is 1. The SMILES string of the molecule is CCC(C)(CC)NS(=O)(=O)c1ccc(C(=O)O)cc1N. The van der Waals surface area contributed by atoms with Crippen molar-refractivity contribution in [3.63, 3.8) is 0 Å². The number of nitrogens with two attached hydrogens (primary N) is 1. The Morgan fingerprint density at radius 2 is 1.90 bits per heavy atom. The second kappa shape index (κ2) is 5.80.